The minimum absolute atomic E-state index is 0.452. The molecular weight excluding hydrogens is 262 g/mol. The Morgan fingerprint density at radius 3 is 2.95 bits per heavy atom. The molecule has 3 rings (SSSR count). The number of aromatic nitrogens is 2. The van der Waals surface area contributed by atoms with Crippen LogP contribution in [0, 0.1) is 5.92 Å². The lowest BCUT2D eigenvalue weighted by Crippen LogP contribution is -2.12. The van der Waals surface area contributed by atoms with Crippen LogP contribution < -0.4 is 5.73 Å². The Hall–Kier alpha value is -1.68. The Morgan fingerprint density at radius 1 is 1.29 bits per heavy atom. The molecule has 0 bridgehead atoms. The van der Waals surface area contributed by atoms with Gasteiger partial charge in [-0.15, -0.1) is 0 Å². The molecule has 21 heavy (non-hydrogen) atoms. The first-order valence-electron chi connectivity index (χ1n) is 7.90. The molecule has 1 saturated carbocycles. The second kappa shape index (κ2) is 6.39. The van der Waals surface area contributed by atoms with E-state index in [2.05, 4.69) is 23.1 Å². The van der Waals surface area contributed by atoms with Gasteiger partial charge in [-0.05, 0) is 43.4 Å². The van der Waals surface area contributed by atoms with Crippen LogP contribution >= 0.6 is 0 Å². The Labute approximate surface area is 125 Å². The molecule has 4 nitrogen and oxygen atoms in total. The van der Waals surface area contributed by atoms with Gasteiger partial charge < -0.3 is 10.3 Å². The molecule has 0 aliphatic heterocycles. The summed E-state index contributed by atoms with van der Waals surface area (Å²) in [4.78, 5) is 4.66. The van der Waals surface area contributed by atoms with E-state index in [-0.39, 0.29) is 0 Å². The van der Waals surface area contributed by atoms with Crippen molar-refractivity contribution in [3.63, 3.8) is 0 Å². The van der Waals surface area contributed by atoms with Crippen molar-refractivity contribution >= 4 is 0 Å². The molecule has 1 fully saturated rings. The lowest BCUT2D eigenvalue weighted by molar-refractivity contribution is 0.324. The third-order valence-corrected chi connectivity index (χ3v) is 4.40. The zero-order valence-electron chi connectivity index (χ0n) is 12.6. The van der Waals surface area contributed by atoms with Gasteiger partial charge in [0.25, 0.3) is 5.89 Å². The molecule has 1 aliphatic carbocycles. The summed E-state index contributed by atoms with van der Waals surface area (Å²) < 4.78 is 5.52. The van der Waals surface area contributed by atoms with Crippen molar-refractivity contribution in [3.05, 3.63) is 35.7 Å². The van der Waals surface area contributed by atoms with E-state index in [0.29, 0.717) is 18.4 Å². The molecule has 2 aromatic rings. The van der Waals surface area contributed by atoms with Crippen LogP contribution in [0.1, 0.15) is 49.9 Å². The summed E-state index contributed by atoms with van der Waals surface area (Å²) in [5, 5.41) is 4.23. The van der Waals surface area contributed by atoms with Crippen molar-refractivity contribution in [2.24, 2.45) is 11.7 Å². The molecule has 2 atom stereocenters. The summed E-state index contributed by atoms with van der Waals surface area (Å²) in [6.45, 7) is 2.93. The molecule has 112 valence electrons. The van der Waals surface area contributed by atoms with Crippen LogP contribution in [0.5, 0.6) is 0 Å². The summed E-state index contributed by atoms with van der Waals surface area (Å²) in [7, 11) is 0. The zero-order valence-corrected chi connectivity index (χ0v) is 12.6. The van der Waals surface area contributed by atoms with Crippen LogP contribution in [-0.4, -0.2) is 16.7 Å². The van der Waals surface area contributed by atoms with Gasteiger partial charge in [0, 0.05) is 11.5 Å². The SMILES string of the molecule is CC1CCCC(c2noc(-c3ccccc3CCN)n2)C1. The van der Waals surface area contributed by atoms with Crippen molar-refractivity contribution in [2.75, 3.05) is 6.54 Å². The maximum atomic E-state index is 5.68. The Kier molecular flexibility index (Phi) is 4.34. The quantitative estimate of drug-likeness (QED) is 0.933. The van der Waals surface area contributed by atoms with Crippen LogP contribution in [0.4, 0.5) is 0 Å². The predicted octanol–water partition coefficient (Wildman–Crippen LogP) is 3.53. The molecule has 1 aliphatic rings. The van der Waals surface area contributed by atoms with E-state index in [1.807, 2.05) is 18.2 Å². The van der Waals surface area contributed by atoms with Crippen molar-refractivity contribution in [2.45, 2.75) is 44.9 Å². The van der Waals surface area contributed by atoms with Gasteiger partial charge in [0.2, 0.25) is 0 Å². The lowest BCUT2D eigenvalue weighted by atomic mass is 9.82. The summed E-state index contributed by atoms with van der Waals surface area (Å²) in [5.41, 5.74) is 7.87. The number of hydrogen-bond donors (Lipinski definition) is 1. The van der Waals surface area contributed by atoms with Crippen LogP contribution in [0.2, 0.25) is 0 Å². The highest BCUT2D eigenvalue weighted by Gasteiger charge is 2.25. The van der Waals surface area contributed by atoms with Gasteiger partial charge in [0.15, 0.2) is 5.82 Å². The van der Waals surface area contributed by atoms with Gasteiger partial charge in [0.1, 0.15) is 0 Å². The van der Waals surface area contributed by atoms with Gasteiger partial charge in [-0.1, -0.05) is 43.1 Å². The summed E-state index contributed by atoms with van der Waals surface area (Å²) in [6, 6.07) is 8.14. The van der Waals surface area contributed by atoms with Gasteiger partial charge in [-0.3, -0.25) is 0 Å². The highest BCUT2D eigenvalue weighted by atomic mass is 16.5. The molecular formula is C17H23N3O. The second-order valence-corrected chi connectivity index (χ2v) is 6.12. The van der Waals surface area contributed by atoms with Gasteiger partial charge in [0.05, 0.1) is 0 Å². The average molecular weight is 285 g/mol. The predicted molar refractivity (Wildman–Crippen MR) is 82.9 cm³/mol. The molecule has 2 N–H and O–H groups in total. The van der Waals surface area contributed by atoms with Crippen molar-refractivity contribution in [3.8, 4) is 11.5 Å². The standard InChI is InChI=1S/C17H23N3O/c1-12-5-4-7-14(11-12)16-19-17(21-20-16)15-8-3-2-6-13(15)9-10-18/h2-3,6,8,12,14H,4-5,7,9-11,18H2,1H3. The average Bonchev–Trinajstić information content (AvgIpc) is 2.98. The molecule has 0 amide bonds. The smallest absolute Gasteiger partial charge is 0.258 e. The van der Waals surface area contributed by atoms with Crippen LogP contribution in [0.3, 0.4) is 0 Å². The number of hydrogen-bond acceptors (Lipinski definition) is 4. The number of rotatable bonds is 4. The van der Waals surface area contributed by atoms with E-state index in [4.69, 9.17) is 10.3 Å². The van der Waals surface area contributed by atoms with E-state index >= 15 is 0 Å². The Balaban J connectivity index is 1.84. The molecule has 0 radical (unpaired) electrons. The highest BCUT2D eigenvalue weighted by Crippen LogP contribution is 2.35. The fourth-order valence-corrected chi connectivity index (χ4v) is 3.28. The fraction of sp³-hybridized carbons (Fsp3) is 0.529. The first-order valence-corrected chi connectivity index (χ1v) is 7.90. The van der Waals surface area contributed by atoms with Crippen LogP contribution in [-0.2, 0) is 6.42 Å². The van der Waals surface area contributed by atoms with Gasteiger partial charge in [-0.25, -0.2) is 0 Å². The number of benzene rings is 1. The molecule has 0 spiro atoms. The first-order chi connectivity index (χ1) is 10.3. The maximum Gasteiger partial charge on any atom is 0.258 e. The molecule has 1 aromatic carbocycles. The largest absolute Gasteiger partial charge is 0.334 e. The Bertz CT molecular complexity index is 593. The third kappa shape index (κ3) is 3.16. The first kappa shape index (κ1) is 14.3. The molecule has 2 unspecified atom stereocenters. The minimum atomic E-state index is 0.452. The monoisotopic (exact) mass is 285 g/mol. The van der Waals surface area contributed by atoms with E-state index in [1.54, 1.807) is 0 Å². The normalized spacial score (nSPS) is 22.4. The second-order valence-electron chi connectivity index (χ2n) is 6.12. The van der Waals surface area contributed by atoms with Crippen LogP contribution in [0.25, 0.3) is 11.5 Å². The van der Waals surface area contributed by atoms with E-state index < -0.39 is 0 Å². The summed E-state index contributed by atoms with van der Waals surface area (Å²) >= 11 is 0. The summed E-state index contributed by atoms with van der Waals surface area (Å²) in [6.07, 6.45) is 5.76. The third-order valence-electron chi connectivity index (χ3n) is 4.40. The zero-order chi connectivity index (χ0) is 14.7. The lowest BCUT2D eigenvalue weighted by Gasteiger charge is -2.23. The molecule has 1 heterocycles. The van der Waals surface area contributed by atoms with Crippen LogP contribution in [0.15, 0.2) is 28.8 Å². The topological polar surface area (TPSA) is 64.9 Å². The molecule has 0 saturated heterocycles. The Morgan fingerprint density at radius 2 is 2.14 bits per heavy atom. The van der Waals surface area contributed by atoms with E-state index in [1.165, 1.54) is 31.2 Å². The minimum Gasteiger partial charge on any atom is -0.334 e. The summed E-state index contributed by atoms with van der Waals surface area (Å²) in [5.74, 6) is 2.72. The fourth-order valence-electron chi connectivity index (χ4n) is 3.28. The van der Waals surface area contributed by atoms with Crippen molar-refractivity contribution in [1.82, 2.24) is 10.1 Å². The van der Waals surface area contributed by atoms with E-state index in [9.17, 15) is 0 Å². The molecule has 4 heteroatoms. The van der Waals surface area contributed by atoms with Crippen molar-refractivity contribution < 1.29 is 4.52 Å². The highest BCUT2D eigenvalue weighted by molar-refractivity contribution is 5.58. The van der Waals surface area contributed by atoms with Gasteiger partial charge >= 0.3 is 0 Å². The molecule has 1 aromatic heterocycles. The maximum absolute atomic E-state index is 5.68. The van der Waals surface area contributed by atoms with Gasteiger partial charge in [-0.2, -0.15) is 4.98 Å². The van der Waals surface area contributed by atoms with E-state index in [0.717, 1.165) is 23.7 Å². The number of nitrogens with two attached hydrogens (primary N) is 1. The van der Waals surface area contributed by atoms with Crippen molar-refractivity contribution in [1.29, 1.82) is 0 Å². The number of nitrogens with zero attached hydrogens (tertiary/aromatic N) is 2.